The Kier molecular flexibility index (Phi) is 2.10. The van der Waals surface area contributed by atoms with Crippen molar-refractivity contribution >= 4 is 0 Å². The van der Waals surface area contributed by atoms with Gasteiger partial charge in [0.25, 0.3) is 0 Å². The SMILES string of the molecule is COc1cn(-c2ccccc2)c(=O)o1. The first kappa shape index (κ1) is 8.62. The minimum Gasteiger partial charge on any atom is -0.467 e. The Hall–Kier alpha value is -1.97. The van der Waals surface area contributed by atoms with Gasteiger partial charge < -0.3 is 9.15 Å². The summed E-state index contributed by atoms with van der Waals surface area (Å²) in [5, 5.41) is 0. The van der Waals surface area contributed by atoms with E-state index in [2.05, 4.69) is 0 Å². The maximum Gasteiger partial charge on any atom is 0.426 e. The highest BCUT2D eigenvalue weighted by molar-refractivity contribution is 5.31. The predicted molar refractivity (Wildman–Crippen MR) is 50.9 cm³/mol. The second-order valence-electron chi connectivity index (χ2n) is 2.73. The predicted octanol–water partition coefficient (Wildman–Crippen LogP) is 1.44. The van der Waals surface area contributed by atoms with Gasteiger partial charge in [-0.3, -0.25) is 0 Å². The van der Waals surface area contributed by atoms with Gasteiger partial charge in [-0.05, 0) is 12.1 Å². The number of nitrogens with zero attached hydrogens (tertiary/aromatic N) is 1. The van der Waals surface area contributed by atoms with Crippen molar-refractivity contribution in [2.45, 2.75) is 0 Å². The zero-order valence-electron chi connectivity index (χ0n) is 7.64. The molecule has 2 rings (SSSR count). The van der Waals surface area contributed by atoms with Crippen molar-refractivity contribution in [3.8, 4) is 11.6 Å². The number of hydrogen-bond acceptors (Lipinski definition) is 3. The van der Waals surface area contributed by atoms with Gasteiger partial charge in [-0.15, -0.1) is 0 Å². The molecule has 0 unspecified atom stereocenters. The summed E-state index contributed by atoms with van der Waals surface area (Å²) in [6.45, 7) is 0. The van der Waals surface area contributed by atoms with Gasteiger partial charge >= 0.3 is 11.7 Å². The van der Waals surface area contributed by atoms with Crippen LogP contribution in [-0.2, 0) is 0 Å². The molecule has 0 bridgehead atoms. The molecule has 0 radical (unpaired) electrons. The lowest BCUT2D eigenvalue weighted by Crippen LogP contribution is -2.10. The molecule has 0 saturated heterocycles. The molecule has 0 aliphatic carbocycles. The summed E-state index contributed by atoms with van der Waals surface area (Å²) < 4.78 is 11.0. The number of oxazole rings is 1. The Balaban J connectivity index is 2.52. The molecule has 4 nitrogen and oxygen atoms in total. The quantitative estimate of drug-likeness (QED) is 0.721. The highest BCUT2D eigenvalue weighted by Gasteiger charge is 2.06. The van der Waals surface area contributed by atoms with E-state index < -0.39 is 5.76 Å². The summed E-state index contributed by atoms with van der Waals surface area (Å²) in [5.41, 5.74) is 0.754. The summed E-state index contributed by atoms with van der Waals surface area (Å²) >= 11 is 0. The van der Waals surface area contributed by atoms with Crippen LogP contribution in [0.15, 0.2) is 45.7 Å². The third-order valence-electron chi connectivity index (χ3n) is 1.85. The third-order valence-corrected chi connectivity index (χ3v) is 1.85. The first-order valence-electron chi connectivity index (χ1n) is 4.13. The number of aromatic nitrogens is 1. The molecule has 0 fully saturated rings. The highest BCUT2D eigenvalue weighted by Crippen LogP contribution is 2.10. The monoisotopic (exact) mass is 191 g/mol. The van der Waals surface area contributed by atoms with Crippen LogP contribution in [0, 0.1) is 0 Å². The number of methoxy groups -OCH3 is 1. The Morgan fingerprint density at radius 1 is 1.29 bits per heavy atom. The van der Waals surface area contributed by atoms with Gasteiger partial charge in [0.05, 0.1) is 19.0 Å². The molecule has 0 saturated carbocycles. The molecule has 4 heteroatoms. The summed E-state index contributed by atoms with van der Waals surface area (Å²) in [5.74, 6) is -0.244. The number of benzene rings is 1. The van der Waals surface area contributed by atoms with Crippen LogP contribution in [0.25, 0.3) is 5.69 Å². The zero-order chi connectivity index (χ0) is 9.97. The lowest BCUT2D eigenvalue weighted by atomic mass is 10.3. The molecule has 1 aromatic carbocycles. The van der Waals surface area contributed by atoms with Gasteiger partial charge in [0.2, 0.25) is 0 Å². The van der Waals surface area contributed by atoms with Crippen LogP contribution in [0.4, 0.5) is 0 Å². The average Bonchev–Trinajstić information content (AvgIpc) is 2.61. The van der Waals surface area contributed by atoms with Crippen molar-refractivity contribution in [1.82, 2.24) is 4.57 Å². The lowest BCUT2D eigenvalue weighted by Gasteiger charge is -1.96. The lowest BCUT2D eigenvalue weighted by molar-refractivity contribution is 0.294. The van der Waals surface area contributed by atoms with E-state index in [-0.39, 0.29) is 5.95 Å². The summed E-state index contributed by atoms with van der Waals surface area (Å²) in [6, 6.07) is 9.21. The zero-order valence-corrected chi connectivity index (χ0v) is 7.64. The van der Waals surface area contributed by atoms with E-state index in [1.54, 1.807) is 0 Å². The molecule has 0 aliphatic rings. The van der Waals surface area contributed by atoms with Gasteiger partial charge in [-0.25, -0.2) is 9.36 Å². The van der Waals surface area contributed by atoms with E-state index in [0.717, 1.165) is 5.69 Å². The molecule has 1 heterocycles. The van der Waals surface area contributed by atoms with E-state index in [1.807, 2.05) is 30.3 Å². The maximum absolute atomic E-state index is 11.3. The summed E-state index contributed by atoms with van der Waals surface area (Å²) in [7, 11) is 1.45. The average molecular weight is 191 g/mol. The fraction of sp³-hybridized carbons (Fsp3) is 0.100. The largest absolute Gasteiger partial charge is 0.467 e. The van der Waals surface area contributed by atoms with Crippen LogP contribution >= 0.6 is 0 Å². The Morgan fingerprint density at radius 2 is 2.00 bits per heavy atom. The van der Waals surface area contributed by atoms with Gasteiger partial charge in [0.15, 0.2) is 0 Å². The molecule has 72 valence electrons. The third kappa shape index (κ3) is 1.42. The van der Waals surface area contributed by atoms with Crippen LogP contribution < -0.4 is 10.5 Å². The van der Waals surface area contributed by atoms with E-state index in [1.165, 1.54) is 17.9 Å². The van der Waals surface area contributed by atoms with Crippen molar-refractivity contribution in [2.75, 3.05) is 7.11 Å². The minimum absolute atomic E-state index is 0.207. The summed E-state index contributed by atoms with van der Waals surface area (Å²) in [6.07, 6.45) is 1.51. The Morgan fingerprint density at radius 3 is 2.57 bits per heavy atom. The van der Waals surface area contributed by atoms with Crippen LogP contribution in [0.2, 0.25) is 0 Å². The van der Waals surface area contributed by atoms with E-state index in [0.29, 0.717) is 0 Å². The molecule has 0 atom stereocenters. The molecule has 2 aromatic rings. The topological polar surface area (TPSA) is 44.4 Å². The first-order chi connectivity index (χ1) is 6.81. The van der Waals surface area contributed by atoms with Crippen molar-refractivity contribution in [3.05, 3.63) is 47.1 Å². The summed E-state index contributed by atoms with van der Waals surface area (Å²) in [4.78, 5) is 11.3. The number of para-hydroxylation sites is 1. The molecule has 0 aliphatic heterocycles. The van der Waals surface area contributed by atoms with Gasteiger partial charge in [-0.1, -0.05) is 18.2 Å². The van der Waals surface area contributed by atoms with Crippen molar-refractivity contribution in [3.63, 3.8) is 0 Å². The van der Waals surface area contributed by atoms with Gasteiger partial charge in [0.1, 0.15) is 0 Å². The van der Waals surface area contributed by atoms with Gasteiger partial charge in [0, 0.05) is 0 Å². The number of hydrogen-bond donors (Lipinski definition) is 0. The fourth-order valence-electron chi connectivity index (χ4n) is 1.18. The van der Waals surface area contributed by atoms with Crippen LogP contribution in [-0.4, -0.2) is 11.7 Å². The second kappa shape index (κ2) is 3.41. The van der Waals surface area contributed by atoms with Crippen molar-refractivity contribution in [1.29, 1.82) is 0 Å². The Labute approximate surface area is 80.4 Å². The van der Waals surface area contributed by atoms with E-state index >= 15 is 0 Å². The Bertz CT molecular complexity index is 470. The van der Waals surface area contributed by atoms with Crippen LogP contribution in [0.5, 0.6) is 5.95 Å². The van der Waals surface area contributed by atoms with Gasteiger partial charge in [-0.2, -0.15) is 0 Å². The maximum atomic E-state index is 11.3. The molecule has 1 aromatic heterocycles. The fourth-order valence-corrected chi connectivity index (χ4v) is 1.18. The second-order valence-corrected chi connectivity index (χ2v) is 2.73. The van der Waals surface area contributed by atoms with E-state index in [9.17, 15) is 4.79 Å². The highest BCUT2D eigenvalue weighted by atomic mass is 16.6. The standard InChI is InChI=1S/C10H9NO3/c1-13-9-7-11(10(12)14-9)8-5-3-2-4-6-8/h2-7H,1H3. The van der Waals surface area contributed by atoms with Crippen LogP contribution in [0.1, 0.15) is 0 Å². The molecular weight excluding hydrogens is 182 g/mol. The minimum atomic E-state index is -0.451. The molecule has 0 spiro atoms. The number of rotatable bonds is 2. The van der Waals surface area contributed by atoms with Crippen molar-refractivity contribution < 1.29 is 9.15 Å². The van der Waals surface area contributed by atoms with Crippen LogP contribution in [0.3, 0.4) is 0 Å². The number of ether oxygens (including phenoxy) is 1. The molecular formula is C10H9NO3. The smallest absolute Gasteiger partial charge is 0.426 e. The normalized spacial score (nSPS) is 10.1. The first-order valence-corrected chi connectivity index (χ1v) is 4.13. The molecule has 0 N–H and O–H groups in total. The van der Waals surface area contributed by atoms with Crippen molar-refractivity contribution in [2.24, 2.45) is 0 Å². The molecule has 14 heavy (non-hydrogen) atoms. The molecule has 0 amide bonds. The van der Waals surface area contributed by atoms with E-state index in [4.69, 9.17) is 9.15 Å².